The molecule has 0 aliphatic heterocycles. The minimum Gasteiger partial charge on any atom is -0.481 e. The molecule has 1 aromatic carbocycles. The van der Waals surface area contributed by atoms with Crippen LogP contribution in [0, 0.1) is 11.8 Å². The van der Waals surface area contributed by atoms with Crippen molar-refractivity contribution in [3.05, 3.63) is 48.8 Å². The maximum absolute atomic E-state index is 12.5. The van der Waals surface area contributed by atoms with Gasteiger partial charge in [0, 0.05) is 30.1 Å². The third-order valence-corrected chi connectivity index (χ3v) is 4.38. The second-order valence-electron chi connectivity index (χ2n) is 6.20. The summed E-state index contributed by atoms with van der Waals surface area (Å²) in [5.74, 6) is -0.367. The Morgan fingerprint density at radius 3 is 2.60 bits per heavy atom. The lowest BCUT2D eigenvalue weighted by atomic mass is 9.81. The van der Waals surface area contributed by atoms with E-state index < -0.39 is 11.9 Å². The first kappa shape index (κ1) is 17.0. The maximum Gasteiger partial charge on any atom is 0.306 e. The number of amides is 1. The van der Waals surface area contributed by atoms with E-state index in [9.17, 15) is 9.59 Å². The lowest BCUT2D eigenvalue weighted by Gasteiger charge is -2.25. The molecule has 0 saturated heterocycles. The van der Waals surface area contributed by atoms with Gasteiger partial charge in [0.05, 0.1) is 5.92 Å². The summed E-state index contributed by atoms with van der Waals surface area (Å²) in [4.78, 5) is 27.5. The summed E-state index contributed by atoms with van der Waals surface area (Å²) in [5, 5.41) is 12.0. The van der Waals surface area contributed by atoms with Crippen LogP contribution in [0.3, 0.4) is 0 Å². The molecule has 2 unspecified atom stereocenters. The number of carbonyl (C=O) groups is 2. The van der Waals surface area contributed by atoms with Crippen LogP contribution in [-0.4, -0.2) is 22.0 Å². The van der Waals surface area contributed by atoms with Crippen LogP contribution < -0.4 is 10.1 Å². The summed E-state index contributed by atoms with van der Waals surface area (Å²) in [6.07, 6.45) is 5.82. The van der Waals surface area contributed by atoms with Crippen LogP contribution in [0.15, 0.2) is 48.8 Å². The number of nitrogens with one attached hydrogen (secondary N) is 1. The van der Waals surface area contributed by atoms with Crippen molar-refractivity contribution in [3.63, 3.8) is 0 Å². The number of carboxylic acid groups (broad SMARTS) is 1. The van der Waals surface area contributed by atoms with Crippen LogP contribution in [0.4, 0.5) is 5.69 Å². The normalized spacial score (nSPS) is 19.8. The smallest absolute Gasteiger partial charge is 0.306 e. The van der Waals surface area contributed by atoms with E-state index in [1.807, 2.05) is 0 Å². The van der Waals surface area contributed by atoms with Crippen molar-refractivity contribution in [2.45, 2.75) is 25.7 Å². The largest absolute Gasteiger partial charge is 0.481 e. The summed E-state index contributed by atoms with van der Waals surface area (Å²) < 4.78 is 5.73. The number of pyridine rings is 1. The number of anilines is 1. The third-order valence-electron chi connectivity index (χ3n) is 4.38. The molecule has 1 amide bonds. The predicted molar refractivity (Wildman–Crippen MR) is 92.5 cm³/mol. The molecular formula is C19H20N2O4. The number of hydrogen-bond acceptors (Lipinski definition) is 4. The van der Waals surface area contributed by atoms with Crippen molar-refractivity contribution in [1.82, 2.24) is 4.98 Å². The van der Waals surface area contributed by atoms with E-state index in [4.69, 9.17) is 9.84 Å². The van der Waals surface area contributed by atoms with Gasteiger partial charge in [-0.2, -0.15) is 0 Å². The Morgan fingerprint density at radius 1 is 1.08 bits per heavy atom. The van der Waals surface area contributed by atoms with Gasteiger partial charge < -0.3 is 15.2 Å². The summed E-state index contributed by atoms with van der Waals surface area (Å²) in [6.45, 7) is 0. The van der Waals surface area contributed by atoms with E-state index in [-0.39, 0.29) is 11.8 Å². The number of aliphatic carboxylic acids is 1. The fourth-order valence-electron chi connectivity index (χ4n) is 3.08. The van der Waals surface area contributed by atoms with E-state index in [2.05, 4.69) is 10.3 Å². The second-order valence-corrected chi connectivity index (χ2v) is 6.20. The van der Waals surface area contributed by atoms with Crippen LogP contribution in [0.2, 0.25) is 0 Å². The van der Waals surface area contributed by atoms with Crippen molar-refractivity contribution in [3.8, 4) is 11.5 Å². The van der Waals surface area contributed by atoms with E-state index in [0.29, 0.717) is 30.0 Å². The molecule has 25 heavy (non-hydrogen) atoms. The molecule has 0 bridgehead atoms. The number of hydrogen-bond donors (Lipinski definition) is 2. The number of ether oxygens (including phenoxy) is 1. The van der Waals surface area contributed by atoms with Gasteiger partial charge in [0.1, 0.15) is 11.5 Å². The molecule has 1 saturated carbocycles. The number of carbonyl (C=O) groups excluding carboxylic acids is 1. The van der Waals surface area contributed by atoms with Crippen molar-refractivity contribution in [2.24, 2.45) is 11.8 Å². The molecule has 1 aromatic heterocycles. The van der Waals surface area contributed by atoms with Gasteiger partial charge in [-0.15, -0.1) is 0 Å². The molecule has 3 rings (SSSR count). The van der Waals surface area contributed by atoms with Crippen LogP contribution in [0.1, 0.15) is 25.7 Å². The van der Waals surface area contributed by atoms with Gasteiger partial charge in [-0.25, -0.2) is 0 Å². The molecule has 1 fully saturated rings. The van der Waals surface area contributed by atoms with Crippen molar-refractivity contribution >= 4 is 17.6 Å². The van der Waals surface area contributed by atoms with Gasteiger partial charge in [0.15, 0.2) is 0 Å². The number of carboxylic acids is 1. The third kappa shape index (κ3) is 4.56. The van der Waals surface area contributed by atoms with E-state index in [1.54, 1.807) is 48.8 Å². The molecule has 130 valence electrons. The zero-order valence-corrected chi connectivity index (χ0v) is 13.7. The zero-order chi connectivity index (χ0) is 17.6. The molecule has 1 aliphatic rings. The maximum atomic E-state index is 12.5. The summed E-state index contributed by atoms with van der Waals surface area (Å²) in [6, 6.07) is 10.6. The Bertz CT molecular complexity index is 748. The quantitative estimate of drug-likeness (QED) is 0.866. The van der Waals surface area contributed by atoms with Gasteiger partial charge in [0.2, 0.25) is 5.91 Å². The Labute approximate surface area is 145 Å². The molecule has 0 radical (unpaired) electrons. The highest BCUT2D eigenvalue weighted by atomic mass is 16.5. The van der Waals surface area contributed by atoms with Crippen LogP contribution in [-0.2, 0) is 9.59 Å². The fourth-order valence-corrected chi connectivity index (χ4v) is 3.08. The first-order chi connectivity index (χ1) is 12.1. The SMILES string of the molecule is O=C(O)C1CCCC(C(=O)Nc2cccc(Oc3ccncc3)c2)C1. The molecule has 1 aliphatic carbocycles. The van der Waals surface area contributed by atoms with E-state index in [0.717, 1.165) is 12.8 Å². The summed E-state index contributed by atoms with van der Waals surface area (Å²) in [5.41, 5.74) is 0.633. The molecular weight excluding hydrogens is 320 g/mol. The predicted octanol–water partition coefficient (Wildman–Crippen LogP) is 3.70. The lowest BCUT2D eigenvalue weighted by molar-refractivity contribution is -0.143. The highest BCUT2D eigenvalue weighted by Crippen LogP contribution is 2.31. The Morgan fingerprint density at radius 2 is 1.84 bits per heavy atom. The Kier molecular flexibility index (Phi) is 5.28. The molecule has 0 spiro atoms. The summed E-state index contributed by atoms with van der Waals surface area (Å²) >= 11 is 0. The first-order valence-electron chi connectivity index (χ1n) is 8.33. The molecule has 6 heteroatoms. The molecule has 2 aromatic rings. The highest BCUT2D eigenvalue weighted by molar-refractivity contribution is 5.93. The number of rotatable bonds is 5. The fraction of sp³-hybridized carbons (Fsp3) is 0.316. The van der Waals surface area contributed by atoms with Gasteiger partial charge in [0.25, 0.3) is 0 Å². The van der Waals surface area contributed by atoms with E-state index >= 15 is 0 Å². The molecule has 2 N–H and O–H groups in total. The molecule has 6 nitrogen and oxygen atoms in total. The average Bonchev–Trinajstić information content (AvgIpc) is 2.63. The topological polar surface area (TPSA) is 88.5 Å². The summed E-state index contributed by atoms with van der Waals surface area (Å²) in [7, 11) is 0. The highest BCUT2D eigenvalue weighted by Gasteiger charge is 2.31. The van der Waals surface area contributed by atoms with Crippen LogP contribution in [0.5, 0.6) is 11.5 Å². The van der Waals surface area contributed by atoms with Gasteiger partial charge in [-0.1, -0.05) is 12.5 Å². The second kappa shape index (κ2) is 7.79. The minimum absolute atomic E-state index is 0.132. The van der Waals surface area contributed by atoms with Crippen molar-refractivity contribution in [1.29, 1.82) is 0 Å². The van der Waals surface area contributed by atoms with Crippen LogP contribution in [0.25, 0.3) is 0 Å². The first-order valence-corrected chi connectivity index (χ1v) is 8.33. The number of aromatic nitrogens is 1. The lowest BCUT2D eigenvalue weighted by Crippen LogP contribution is -2.30. The van der Waals surface area contributed by atoms with Gasteiger partial charge >= 0.3 is 5.97 Å². The Hall–Kier alpha value is -2.89. The Balaban J connectivity index is 1.63. The van der Waals surface area contributed by atoms with E-state index in [1.165, 1.54) is 0 Å². The van der Waals surface area contributed by atoms with Gasteiger partial charge in [-0.05, 0) is 43.5 Å². The number of benzene rings is 1. The minimum atomic E-state index is -0.815. The van der Waals surface area contributed by atoms with Crippen molar-refractivity contribution < 1.29 is 19.4 Å². The molecule has 1 heterocycles. The zero-order valence-electron chi connectivity index (χ0n) is 13.7. The average molecular weight is 340 g/mol. The number of nitrogens with zero attached hydrogens (tertiary/aromatic N) is 1. The van der Waals surface area contributed by atoms with Crippen LogP contribution >= 0.6 is 0 Å². The van der Waals surface area contributed by atoms with Gasteiger partial charge in [-0.3, -0.25) is 14.6 Å². The standard InChI is InChI=1S/C19H20N2O4/c22-18(13-3-1-4-14(11-13)19(23)24)21-15-5-2-6-17(12-15)25-16-7-9-20-10-8-16/h2,5-10,12-14H,1,3-4,11H2,(H,21,22)(H,23,24). The molecule has 2 atom stereocenters. The monoisotopic (exact) mass is 340 g/mol. The van der Waals surface area contributed by atoms with Crippen molar-refractivity contribution in [2.75, 3.05) is 5.32 Å².